The van der Waals surface area contributed by atoms with Gasteiger partial charge in [-0.15, -0.1) is 0 Å². The van der Waals surface area contributed by atoms with Crippen molar-refractivity contribution in [2.45, 2.75) is 46.2 Å². The van der Waals surface area contributed by atoms with E-state index in [1.54, 1.807) is 19.1 Å². The van der Waals surface area contributed by atoms with Crippen LogP contribution in [0.5, 0.6) is 5.75 Å². The zero-order valence-electron chi connectivity index (χ0n) is 22.8. The van der Waals surface area contributed by atoms with Crippen LogP contribution in [0.15, 0.2) is 53.5 Å². The molecule has 39 heavy (non-hydrogen) atoms. The number of hydrogen-bond donors (Lipinski definition) is 2. The number of benzene rings is 1. The standard InChI is InChI=1S/C30H34FN5O3/c1-18-15-26(39-4)24(29(37)34-18)17-33-30(38)28-20(3)36(25-8-6-5-7-23(25)28)19(2)21-11-13-35(14-12-21)27-10-9-22(31)16-32-27/h5-10,15-16,19,21H,11-14,17H2,1-4H3,(H,33,38)(H,34,37)/t19-/m1/s1. The Balaban J connectivity index is 1.37. The van der Waals surface area contributed by atoms with Crippen LogP contribution >= 0.6 is 0 Å². The van der Waals surface area contributed by atoms with Crippen LogP contribution in [0, 0.1) is 25.6 Å². The van der Waals surface area contributed by atoms with Crippen molar-refractivity contribution in [2.75, 3.05) is 25.1 Å². The van der Waals surface area contributed by atoms with Gasteiger partial charge in [-0.2, -0.15) is 0 Å². The number of aryl methyl sites for hydroxylation is 1. The van der Waals surface area contributed by atoms with Crippen molar-refractivity contribution in [3.05, 3.63) is 87.3 Å². The molecule has 1 atom stereocenters. The number of halogens is 1. The van der Waals surface area contributed by atoms with Gasteiger partial charge in [0.15, 0.2) is 0 Å². The van der Waals surface area contributed by atoms with E-state index in [2.05, 4.69) is 37.7 Å². The second kappa shape index (κ2) is 10.9. The van der Waals surface area contributed by atoms with Crippen LogP contribution in [-0.4, -0.2) is 40.6 Å². The van der Waals surface area contributed by atoms with Crippen LogP contribution in [0.4, 0.5) is 10.2 Å². The number of nitrogens with zero attached hydrogens (tertiary/aromatic N) is 3. The van der Waals surface area contributed by atoms with Gasteiger partial charge in [-0.25, -0.2) is 9.37 Å². The number of carbonyl (C=O) groups is 1. The average molecular weight is 532 g/mol. The Hall–Kier alpha value is -4.14. The summed E-state index contributed by atoms with van der Waals surface area (Å²) in [7, 11) is 1.51. The van der Waals surface area contributed by atoms with Gasteiger partial charge in [0.05, 0.1) is 31.0 Å². The van der Waals surface area contributed by atoms with Crippen molar-refractivity contribution in [3.8, 4) is 5.75 Å². The number of hydrogen-bond acceptors (Lipinski definition) is 5. The molecule has 4 heterocycles. The molecule has 0 aliphatic carbocycles. The van der Waals surface area contributed by atoms with Gasteiger partial charge in [0, 0.05) is 41.4 Å². The first-order chi connectivity index (χ1) is 18.8. The summed E-state index contributed by atoms with van der Waals surface area (Å²) in [5.41, 5.74) is 3.33. The van der Waals surface area contributed by atoms with Crippen molar-refractivity contribution in [1.29, 1.82) is 0 Å². The van der Waals surface area contributed by atoms with Crippen LogP contribution in [0.25, 0.3) is 10.9 Å². The fraction of sp³-hybridized carbons (Fsp3) is 0.367. The first-order valence-electron chi connectivity index (χ1n) is 13.3. The molecule has 3 aromatic heterocycles. The topological polar surface area (TPSA) is 92.2 Å². The molecule has 0 radical (unpaired) electrons. The minimum atomic E-state index is -0.332. The fourth-order valence-corrected chi connectivity index (χ4v) is 5.87. The van der Waals surface area contributed by atoms with E-state index in [4.69, 9.17) is 4.74 Å². The number of amides is 1. The third-order valence-electron chi connectivity index (χ3n) is 7.92. The van der Waals surface area contributed by atoms with Crippen LogP contribution in [0.3, 0.4) is 0 Å². The molecule has 0 bridgehead atoms. The van der Waals surface area contributed by atoms with Crippen molar-refractivity contribution < 1.29 is 13.9 Å². The van der Waals surface area contributed by atoms with Crippen molar-refractivity contribution in [3.63, 3.8) is 0 Å². The SMILES string of the molecule is COc1cc(C)[nH]c(=O)c1CNC(=O)c1c(C)n([C@H](C)C2CCN(c3ccc(F)cn3)CC2)c2ccccc12. The van der Waals surface area contributed by atoms with Gasteiger partial charge < -0.3 is 24.5 Å². The number of aromatic amines is 1. The molecule has 204 valence electrons. The molecule has 1 fully saturated rings. The maximum absolute atomic E-state index is 13.5. The van der Waals surface area contributed by atoms with Crippen molar-refractivity contribution >= 4 is 22.6 Å². The zero-order valence-corrected chi connectivity index (χ0v) is 22.8. The summed E-state index contributed by atoms with van der Waals surface area (Å²) >= 11 is 0. The fourth-order valence-electron chi connectivity index (χ4n) is 5.87. The third-order valence-corrected chi connectivity index (χ3v) is 7.92. The molecule has 1 aliphatic heterocycles. The van der Waals surface area contributed by atoms with Crippen LogP contribution in [0.2, 0.25) is 0 Å². The number of aromatic nitrogens is 3. The summed E-state index contributed by atoms with van der Waals surface area (Å²) in [5.74, 6) is 1.10. The summed E-state index contributed by atoms with van der Waals surface area (Å²) in [5, 5.41) is 3.84. The van der Waals surface area contributed by atoms with Gasteiger partial charge in [0.2, 0.25) is 0 Å². The Morgan fingerprint density at radius 1 is 1.21 bits per heavy atom. The molecule has 2 N–H and O–H groups in total. The van der Waals surface area contributed by atoms with Gasteiger partial charge in [-0.05, 0) is 63.8 Å². The molecule has 9 heteroatoms. The highest BCUT2D eigenvalue weighted by Crippen LogP contribution is 2.36. The van der Waals surface area contributed by atoms with E-state index in [0.29, 0.717) is 28.5 Å². The zero-order chi connectivity index (χ0) is 27.7. The van der Waals surface area contributed by atoms with Crippen LogP contribution in [-0.2, 0) is 6.54 Å². The lowest BCUT2D eigenvalue weighted by Crippen LogP contribution is -2.36. The van der Waals surface area contributed by atoms with E-state index in [1.165, 1.54) is 19.4 Å². The Labute approximate surface area is 226 Å². The Morgan fingerprint density at radius 2 is 1.95 bits per heavy atom. The number of H-pyrrole nitrogens is 1. The molecule has 8 nitrogen and oxygen atoms in total. The number of piperidine rings is 1. The summed E-state index contributed by atoms with van der Waals surface area (Å²) in [6.07, 6.45) is 3.18. The number of anilines is 1. The second-order valence-corrected chi connectivity index (χ2v) is 10.3. The average Bonchev–Trinajstić information content (AvgIpc) is 3.23. The second-order valence-electron chi connectivity index (χ2n) is 10.3. The largest absolute Gasteiger partial charge is 0.496 e. The van der Waals surface area contributed by atoms with Crippen molar-refractivity contribution in [2.24, 2.45) is 5.92 Å². The van der Waals surface area contributed by atoms with Crippen LogP contribution in [0.1, 0.15) is 53.1 Å². The first-order valence-corrected chi connectivity index (χ1v) is 13.3. The minimum absolute atomic E-state index is 0.0575. The summed E-state index contributed by atoms with van der Waals surface area (Å²) < 4.78 is 21.0. The van der Waals surface area contributed by atoms with Crippen LogP contribution < -0.4 is 20.5 Å². The molecule has 1 aliphatic rings. The van der Waals surface area contributed by atoms with Gasteiger partial charge in [0.25, 0.3) is 11.5 Å². The lowest BCUT2D eigenvalue weighted by molar-refractivity contribution is 0.0951. The summed E-state index contributed by atoms with van der Waals surface area (Å²) in [6.45, 7) is 7.73. The van der Waals surface area contributed by atoms with Crippen molar-refractivity contribution in [1.82, 2.24) is 19.9 Å². The molecular formula is C30H34FN5O3. The Morgan fingerprint density at radius 3 is 2.64 bits per heavy atom. The smallest absolute Gasteiger partial charge is 0.256 e. The highest BCUT2D eigenvalue weighted by molar-refractivity contribution is 6.08. The van der Waals surface area contributed by atoms with Gasteiger partial charge in [-0.1, -0.05) is 18.2 Å². The molecule has 1 amide bonds. The van der Waals surface area contributed by atoms with E-state index in [0.717, 1.165) is 48.3 Å². The molecule has 0 spiro atoms. The summed E-state index contributed by atoms with van der Waals surface area (Å²) in [6, 6.07) is 13.1. The van der Waals surface area contributed by atoms with E-state index >= 15 is 0 Å². The molecule has 5 rings (SSSR count). The number of rotatable bonds is 7. The quantitative estimate of drug-likeness (QED) is 0.354. The lowest BCUT2D eigenvalue weighted by atomic mass is 9.90. The van der Waals surface area contributed by atoms with E-state index < -0.39 is 0 Å². The van der Waals surface area contributed by atoms with E-state index in [1.807, 2.05) is 25.1 Å². The molecule has 0 unspecified atom stereocenters. The number of para-hydroxylation sites is 1. The number of ether oxygens (including phenoxy) is 1. The first kappa shape index (κ1) is 26.5. The van der Waals surface area contributed by atoms with Gasteiger partial charge >= 0.3 is 0 Å². The highest BCUT2D eigenvalue weighted by atomic mass is 19.1. The molecule has 4 aromatic rings. The number of nitrogens with one attached hydrogen (secondary N) is 2. The molecule has 0 saturated carbocycles. The number of pyridine rings is 2. The monoisotopic (exact) mass is 531 g/mol. The number of carbonyl (C=O) groups excluding carboxylic acids is 1. The maximum atomic E-state index is 13.5. The number of fused-ring (bicyclic) bond motifs is 1. The van der Waals surface area contributed by atoms with Gasteiger partial charge in [0.1, 0.15) is 17.4 Å². The van der Waals surface area contributed by atoms with E-state index in [-0.39, 0.29) is 29.9 Å². The predicted molar refractivity (Wildman–Crippen MR) is 150 cm³/mol. The third kappa shape index (κ3) is 5.13. The minimum Gasteiger partial charge on any atom is -0.496 e. The van der Waals surface area contributed by atoms with Gasteiger partial charge in [-0.3, -0.25) is 9.59 Å². The lowest BCUT2D eigenvalue weighted by Gasteiger charge is -2.36. The Bertz CT molecular complexity index is 1550. The molecular weight excluding hydrogens is 497 g/mol. The molecule has 1 saturated heterocycles. The maximum Gasteiger partial charge on any atom is 0.256 e. The highest BCUT2D eigenvalue weighted by Gasteiger charge is 2.29. The number of methoxy groups -OCH3 is 1. The molecule has 1 aromatic carbocycles. The Kier molecular flexibility index (Phi) is 7.41. The normalized spacial score (nSPS) is 14.9. The summed E-state index contributed by atoms with van der Waals surface area (Å²) in [4.78, 5) is 35.3. The predicted octanol–water partition coefficient (Wildman–Crippen LogP) is 4.90. The van der Waals surface area contributed by atoms with E-state index in [9.17, 15) is 14.0 Å².